The Labute approximate surface area is 88.2 Å². The molecule has 0 rings (SSSR count). The Balaban J connectivity index is 4.40. The summed E-state index contributed by atoms with van der Waals surface area (Å²) in [5.41, 5.74) is 8.96. The van der Waals surface area contributed by atoms with Gasteiger partial charge in [-0.15, -0.1) is 0 Å². The van der Waals surface area contributed by atoms with E-state index < -0.39 is 17.3 Å². The van der Waals surface area contributed by atoms with Gasteiger partial charge in [0.1, 0.15) is 0 Å². The Morgan fingerprint density at radius 1 is 1.36 bits per heavy atom. The van der Waals surface area contributed by atoms with E-state index in [9.17, 15) is 9.59 Å². The lowest BCUT2D eigenvalue weighted by Gasteiger charge is -2.22. The highest BCUT2D eigenvalue weighted by Gasteiger charge is 2.40. The molecule has 0 aromatic carbocycles. The lowest BCUT2D eigenvalue weighted by atomic mass is 9.90. The minimum Gasteiger partial charge on any atom is -0.480 e. The summed E-state index contributed by atoms with van der Waals surface area (Å²) in [6.45, 7) is 0.463. The number of carbonyl (C=O) groups excluding carboxylic acids is 1. The molecule has 0 aliphatic heterocycles. The van der Waals surface area contributed by atoms with E-state index in [1.54, 1.807) is 0 Å². The topological polar surface area (TPSA) is 106 Å². The fourth-order valence-corrected chi connectivity index (χ4v) is 1.34. The third kappa shape index (κ3) is 3.28. The van der Waals surface area contributed by atoms with E-state index >= 15 is 0 Å². The molecule has 0 saturated heterocycles. The first-order valence-corrected chi connectivity index (χ1v) is 4.98. The van der Waals surface area contributed by atoms with Crippen LogP contribution in [-0.4, -0.2) is 34.7 Å². The van der Waals surface area contributed by atoms with Crippen molar-refractivity contribution in [2.75, 3.05) is 12.3 Å². The Morgan fingerprint density at radius 3 is 2.29 bits per heavy atom. The van der Waals surface area contributed by atoms with E-state index in [0.29, 0.717) is 19.4 Å². The molecule has 0 aromatic heterocycles. The number of nitrogens with two attached hydrogens (primary N) is 2. The van der Waals surface area contributed by atoms with Crippen molar-refractivity contribution in [2.45, 2.75) is 24.8 Å². The van der Waals surface area contributed by atoms with Crippen molar-refractivity contribution < 1.29 is 14.7 Å². The van der Waals surface area contributed by atoms with E-state index in [1.165, 1.54) is 0 Å². The number of ketones is 1. The highest BCUT2D eigenvalue weighted by molar-refractivity contribution is 7.81. The summed E-state index contributed by atoms with van der Waals surface area (Å²) in [4.78, 5) is 22.1. The first kappa shape index (κ1) is 13.4. The summed E-state index contributed by atoms with van der Waals surface area (Å²) in [6, 6.07) is 0. The highest BCUT2D eigenvalue weighted by Crippen LogP contribution is 2.13. The van der Waals surface area contributed by atoms with Crippen LogP contribution in [0.5, 0.6) is 0 Å². The van der Waals surface area contributed by atoms with Crippen LogP contribution >= 0.6 is 12.6 Å². The number of rotatable bonds is 7. The van der Waals surface area contributed by atoms with Crippen LogP contribution in [-0.2, 0) is 9.59 Å². The number of Topliss-reactive ketones (excluding diaryl/α,β-unsaturated/α-hetero) is 1. The second-order valence-corrected chi connectivity index (χ2v) is 3.42. The number of aliphatic carboxylic acids is 1. The smallest absolute Gasteiger partial charge is 0.331 e. The van der Waals surface area contributed by atoms with Gasteiger partial charge in [0.15, 0.2) is 11.3 Å². The molecule has 0 amide bonds. The number of carboxylic acids is 1. The third-order valence-corrected chi connectivity index (χ3v) is 2.34. The first-order valence-electron chi connectivity index (χ1n) is 4.35. The summed E-state index contributed by atoms with van der Waals surface area (Å²) in [7, 11) is 0. The van der Waals surface area contributed by atoms with Crippen LogP contribution in [0.2, 0.25) is 0 Å². The Hall–Kier alpha value is -0.590. The average molecular weight is 220 g/mol. The van der Waals surface area contributed by atoms with Gasteiger partial charge in [-0.2, -0.15) is 12.6 Å². The summed E-state index contributed by atoms with van der Waals surface area (Å²) in [5.74, 6) is -2.02. The molecule has 0 aliphatic carbocycles. The van der Waals surface area contributed by atoms with E-state index in [4.69, 9.17) is 16.6 Å². The maximum Gasteiger partial charge on any atom is 0.331 e. The molecule has 0 bridgehead atoms. The quantitative estimate of drug-likeness (QED) is 0.260. The lowest BCUT2D eigenvalue weighted by molar-refractivity contribution is -0.147. The van der Waals surface area contributed by atoms with Crippen LogP contribution < -0.4 is 11.5 Å². The van der Waals surface area contributed by atoms with Crippen LogP contribution in [0.15, 0.2) is 0 Å². The molecule has 1 unspecified atom stereocenters. The minimum absolute atomic E-state index is 0.110. The Bertz CT molecular complexity index is 223. The van der Waals surface area contributed by atoms with Crippen molar-refractivity contribution in [3.8, 4) is 0 Å². The van der Waals surface area contributed by atoms with E-state index in [1.807, 2.05) is 0 Å². The normalized spacial score (nSPS) is 14.8. The molecule has 82 valence electrons. The Morgan fingerprint density at radius 2 is 1.93 bits per heavy atom. The van der Waals surface area contributed by atoms with Crippen molar-refractivity contribution in [3.05, 3.63) is 0 Å². The van der Waals surface area contributed by atoms with Crippen LogP contribution in [0.25, 0.3) is 0 Å². The van der Waals surface area contributed by atoms with E-state index in [2.05, 4.69) is 12.6 Å². The molecule has 14 heavy (non-hydrogen) atoms. The standard InChI is InChI=1S/C8H16N2O3S/c9-4-2-1-3-8(10,7(12)13)6(11)5-14/h14H,1-5,9-10H2,(H,12,13). The van der Waals surface area contributed by atoms with Gasteiger partial charge in [0.05, 0.1) is 5.75 Å². The molecule has 0 aliphatic rings. The van der Waals surface area contributed by atoms with Gasteiger partial charge in [-0.3, -0.25) is 4.79 Å². The summed E-state index contributed by atoms with van der Waals surface area (Å²) >= 11 is 3.73. The molecule has 0 fully saturated rings. The number of carbonyl (C=O) groups is 2. The molecular formula is C8H16N2O3S. The number of unbranched alkanes of at least 4 members (excludes halogenated alkanes) is 1. The van der Waals surface area contributed by atoms with Gasteiger partial charge in [-0.1, -0.05) is 0 Å². The average Bonchev–Trinajstić information content (AvgIpc) is 2.16. The Kier molecular flexibility index (Phi) is 5.75. The van der Waals surface area contributed by atoms with Crippen molar-refractivity contribution in [1.82, 2.24) is 0 Å². The van der Waals surface area contributed by atoms with Crippen molar-refractivity contribution in [1.29, 1.82) is 0 Å². The zero-order chi connectivity index (χ0) is 11.2. The zero-order valence-corrected chi connectivity index (χ0v) is 8.80. The molecule has 5 N–H and O–H groups in total. The molecule has 0 aromatic rings. The second kappa shape index (κ2) is 6.00. The molecule has 1 atom stereocenters. The van der Waals surface area contributed by atoms with Crippen molar-refractivity contribution in [3.63, 3.8) is 0 Å². The van der Waals surface area contributed by atoms with Gasteiger partial charge in [0.2, 0.25) is 0 Å². The van der Waals surface area contributed by atoms with Crippen LogP contribution in [0.1, 0.15) is 19.3 Å². The van der Waals surface area contributed by atoms with Gasteiger partial charge in [0.25, 0.3) is 0 Å². The molecule has 6 heteroatoms. The molecule has 0 heterocycles. The summed E-state index contributed by atoms with van der Waals surface area (Å²) in [5, 5.41) is 8.82. The SMILES string of the molecule is NCCCCC(N)(C(=O)O)C(=O)CS. The minimum atomic E-state index is -1.79. The molecule has 0 saturated carbocycles. The maximum atomic E-state index is 11.3. The van der Waals surface area contributed by atoms with Gasteiger partial charge >= 0.3 is 5.97 Å². The second-order valence-electron chi connectivity index (χ2n) is 3.10. The van der Waals surface area contributed by atoms with E-state index in [0.717, 1.165) is 0 Å². The van der Waals surface area contributed by atoms with Crippen LogP contribution in [0.4, 0.5) is 0 Å². The van der Waals surface area contributed by atoms with Gasteiger partial charge < -0.3 is 16.6 Å². The van der Waals surface area contributed by atoms with Crippen LogP contribution in [0, 0.1) is 0 Å². The predicted octanol–water partition coefficient (Wildman–Crippen LogP) is -0.604. The molecule has 0 radical (unpaired) electrons. The van der Waals surface area contributed by atoms with Gasteiger partial charge in [0, 0.05) is 0 Å². The number of thiol groups is 1. The monoisotopic (exact) mass is 220 g/mol. The summed E-state index contributed by atoms with van der Waals surface area (Å²) < 4.78 is 0. The highest BCUT2D eigenvalue weighted by atomic mass is 32.1. The zero-order valence-electron chi connectivity index (χ0n) is 7.90. The van der Waals surface area contributed by atoms with Gasteiger partial charge in [-0.05, 0) is 25.8 Å². The third-order valence-electron chi connectivity index (χ3n) is 2.05. The predicted molar refractivity (Wildman–Crippen MR) is 56.3 cm³/mol. The molecule has 0 spiro atoms. The largest absolute Gasteiger partial charge is 0.480 e. The fourth-order valence-electron chi connectivity index (χ4n) is 1.05. The number of carboxylic acid groups (broad SMARTS) is 1. The fraction of sp³-hybridized carbons (Fsp3) is 0.750. The van der Waals surface area contributed by atoms with E-state index in [-0.39, 0.29) is 12.2 Å². The molecule has 5 nitrogen and oxygen atoms in total. The van der Waals surface area contributed by atoms with Crippen molar-refractivity contribution in [2.24, 2.45) is 11.5 Å². The first-order chi connectivity index (χ1) is 6.49. The summed E-state index contributed by atoms with van der Waals surface area (Å²) in [6.07, 6.45) is 1.30. The number of hydrogen-bond acceptors (Lipinski definition) is 5. The van der Waals surface area contributed by atoms with Crippen LogP contribution in [0.3, 0.4) is 0 Å². The van der Waals surface area contributed by atoms with Crippen molar-refractivity contribution >= 4 is 24.4 Å². The molecular weight excluding hydrogens is 204 g/mol. The number of hydrogen-bond donors (Lipinski definition) is 4. The lowest BCUT2D eigenvalue weighted by Crippen LogP contribution is -2.55. The maximum absolute atomic E-state index is 11.3. The van der Waals surface area contributed by atoms with Gasteiger partial charge in [-0.25, -0.2) is 4.79 Å².